The van der Waals surface area contributed by atoms with Gasteiger partial charge in [-0.25, -0.2) is 9.37 Å². The maximum absolute atomic E-state index is 13.6. The Kier molecular flexibility index (Phi) is 4.04. The largest absolute Gasteiger partial charge is 0.334 e. The molecule has 2 aliphatic rings. The molecule has 1 aromatic heterocycles. The standard InChI is InChI=1S/C23H22FN3O/c24-18-7-4-6-17(14-18)23(10-11-23)22(28)25-19-8-3-5-16(13-19)20-15-27-12-2-1-9-21(27)26-20/h3-8,13-15H,1-2,9-12H2,(H,25,28). The SMILES string of the molecule is O=C(Nc1cccc(-c2cn3c(n2)CCCC3)c1)C1(c2cccc(F)c2)CC1. The highest BCUT2D eigenvalue weighted by molar-refractivity contribution is 6.01. The first-order valence-electron chi connectivity index (χ1n) is 9.88. The highest BCUT2D eigenvalue weighted by atomic mass is 19.1. The maximum Gasteiger partial charge on any atom is 0.235 e. The third kappa shape index (κ3) is 3.01. The predicted octanol–water partition coefficient (Wildman–Crippen LogP) is 4.70. The van der Waals surface area contributed by atoms with Gasteiger partial charge in [-0.2, -0.15) is 0 Å². The van der Waals surface area contributed by atoms with Crippen molar-refractivity contribution in [3.05, 3.63) is 71.9 Å². The van der Waals surface area contributed by atoms with Gasteiger partial charge in [0.1, 0.15) is 11.6 Å². The molecule has 5 rings (SSSR count). The molecule has 5 heteroatoms. The van der Waals surface area contributed by atoms with Gasteiger partial charge in [-0.05, 0) is 55.5 Å². The van der Waals surface area contributed by atoms with Gasteiger partial charge in [-0.3, -0.25) is 4.79 Å². The molecular weight excluding hydrogens is 353 g/mol. The van der Waals surface area contributed by atoms with Gasteiger partial charge in [0.2, 0.25) is 5.91 Å². The number of benzene rings is 2. The van der Waals surface area contributed by atoms with E-state index < -0.39 is 5.41 Å². The predicted molar refractivity (Wildman–Crippen MR) is 107 cm³/mol. The van der Waals surface area contributed by atoms with E-state index in [0.717, 1.165) is 54.1 Å². The summed E-state index contributed by atoms with van der Waals surface area (Å²) in [5.41, 5.74) is 2.83. The summed E-state index contributed by atoms with van der Waals surface area (Å²) < 4.78 is 15.8. The fourth-order valence-corrected chi connectivity index (χ4v) is 4.12. The third-order valence-corrected chi connectivity index (χ3v) is 5.89. The van der Waals surface area contributed by atoms with Crippen LogP contribution < -0.4 is 5.32 Å². The zero-order valence-electron chi connectivity index (χ0n) is 15.6. The number of carbonyl (C=O) groups is 1. The van der Waals surface area contributed by atoms with Crippen molar-refractivity contribution in [2.24, 2.45) is 0 Å². The van der Waals surface area contributed by atoms with Gasteiger partial charge >= 0.3 is 0 Å². The number of aryl methyl sites for hydroxylation is 2. The van der Waals surface area contributed by atoms with Crippen LogP contribution in [0, 0.1) is 5.82 Å². The Labute approximate surface area is 163 Å². The van der Waals surface area contributed by atoms with E-state index in [-0.39, 0.29) is 11.7 Å². The van der Waals surface area contributed by atoms with Crippen LogP contribution >= 0.6 is 0 Å². The molecule has 0 bridgehead atoms. The van der Waals surface area contributed by atoms with Crippen molar-refractivity contribution in [1.82, 2.24) is 9.55 Å². The van der Waals surface area contributed by atoms with Crippen LogP contribution in [0.1, 0.15) is 37.1 Å². The number of anilines is 1. The molecule has 4 nitrogen and oxygen atoms in total. The van der Waals surface area contributed by atoms with Crippen LogP contribution in [0.2, 0.25) is 0 Å². The Morgan fingerprint density at radius 1 is 1.11 bits per heavy atom. The van der Waals surface area contributed by atoms with Crippen LogP contribution in [0.5, 0.6) is 0 Å². The fourth-order valence-electron chi connectivity index (χ4n) is 4.12. The first kappa shape index (κ1) is 17.2. The number of nitrogens with one attached hydrogen (secondary N) is 1. The molecule has 0 saturated heterocycles. The average Bonchev–Trinajstić information content (AvgIpc) is 3.41. The minimum absolute atomic E-state index is 0.0700. The van der Waals surface area contributed by atoms with Crippen molar-refractivity contribution in [3.8, 4) is 11.3 Å². The number of halogens is 1. The van der Waals surface area contributed by atoms with Crippen molar-refractivity contribution >= 4 is 11.6 Å². The zero-order valence-corrected chi connectivity index (χ0v) is 15.6. The lowest BCUT2D eigenvalue weighted by atomic mass is 9.94. The molecule has 1 aliphatic heterocycles. The molecule has 0 atom stereocenters. The van der Waals surface area contributed by atoms with E-state index in [1.807, 2.05) is 30.3 Å². The van der Waals surface area contributed by atoms with Gasteiger partial charge in [0.25, 0.3) is 0 Å². The number of amides is 1. The Morgan fingerprint density at radius 2 is 1.96 bits per heavy atom. The number of hydrogen-bond donors (Lipinski definition) is 1. The highest BCUT2D eigenvalue weighted by Crippen LogP contribution is 2.49. The van der Waals surface area contributed by atoms with Crippen LogP contribution in [0.4, 0.5) is 10.1 Å². The number of imidazole rings is 1. The molecule has 2 heterocycles. The van der Waals surface area contributed by atoms with Gasteiger partial charge in [0.15, 0.2) is 0 Å². The lowest BCUT2D eigenvalue weighted by Crippen LogP contribution is -2.27. The topological polar surface area (TPSA) is 46.9 Å². The molecule has 28 heavy (non-hydrogen) atoms. The Bertz CT molecular complexity index is 1030. The van der Waals surface area contributed by atoms with E-state index in [2.05, 4.69) is 16.1 Å². The Hall–Kier alpha value is -2.95. The highest BCUT2D eigenvalue weighted by Gasteiger charge is 2.51. The average molecular weight is 375 g/mol. The van der Waals surface area contributed by atoms with Crippen molar-refractivity contribution in [3.63, 3.8) is 0 Å². The van der Waals surface area contributed by atoms with Crippen molar-refractivity contribution in [2.45, 2.75) is 44.1 Å². The minimum atomic E-state index is -0.606. The summed E-state index contributed by atoms with van der Waals surface area (Å²) in [6.07, 6.45) is 7.00. The molecular formula is C23H22FN3O. The van der Waals surface area contributed by atoms with Crippen LogP contribution in [-0.4, -0.2) is 15.5 Å². The van der Waals surface area contributed by atoms with Crippen LogP contribution in [0.25, 0.3) is 11.3 Å². The summed E-state index contributed by atoms with van der Waals surface area (Å²) >= 11 is 0. The molecule has 1 fully saturated rings. The third-order valence-electron chi connectivity index (χ3n) is 5.89. The normalized spacial score (nSPS) is 17.0. The zero-order chi connectivity index (χ0) is 19.1. The quantitative estimate of drug-likeness (QED) is 0.719. The van der Waals surface area contributed by atoms with E-state index >= 15 is 0 Å². The summed E-state index contributed by atoms with van der Waals surface area (Å²) in [7, 11) is 0. The van der Waals surface area contributed by atoms with Gasteiger partial charge in [-0.15, -0.1) is 0 Å². The van der Waals surface area contributed by atoms with E-state index in [4.69, 9.17) is 4.98 Å². The summed E-state index contributed by atoms with van der Waals surface area (Å²) in [6, 6.07) is 14.2. The first-order valence-corrected chi connectivity index (χ1v) is 9.88. The second kappa shape index (κ2) is 6.59. The smallest absolute Gasteiger partial charge is 0.235 e. The van der Waals surface area contributed by atoms with Gasteiger partial charge in [0, 0.05) is 30.4 Å². The molecule has 3 aromatic rings. The fraction of sp³-hybridized carbons (Fsp3) is 0.304. The lowest BCUT2D eigenvalue weighted by Gasteiger charge is -2.16. The maximum atomic E-state index is 13.6. The molecule has 1 N–H and O–H groups in total. The molecule has 142 valence electrons. The van der Waals surface area contributed by atoms with Crippen molar-refractivity contribution in [2.75, 3.05) is 5.32 Å². The molecule has 1 saturated carbocycles. The summed E-state index contributed by atoms with van der Waals surface area (Å²) in [6.45, 7) is 1.02. The number of rotatable bonds is 4. The lowest BCUT2D eigenvalue weighted by molar-refractivity contribution is -0.118. The molecule has 1 amide bonds. The summed E-state index contributed by atoms with van der Waals surface area (Å²) in [5.74, 6) is 0.764. The van der Waals surface area contributed by atoms with Crippen LogP contribution in [0.15, 0.2) is 54.7 Å². The van der Waals surface area contributed by atoms with Crippen molar-refractivity contribution in [1.29, 1.82) is 0 Å². The Balaban J connectivity index is 1.38. The molecule has 2 aromatic carbocycles. The molecule has 0 radical (unpaired) electrons. The second-order valence-electron chi connectivity index (χ2n) is 7.82. The van der Waals surface area contributed by atoms with Crippen molar-refractivity contribution < 1.29 is 9.18 Å². The minimum Gasteiger partial charge on any atom is -0.334 e. The van der Waals surface area contributed by atoms with Gasteiger partial charge < -0.3 is 9.88 Å². The summed E-state index contributed by atoms with van der Waals surface area (Å²) in [5, 5.41) is 3.04. The first-order chi connectivity index (χ1) is 13.6. The van der Waals surface area contributed by atoms with E-state index in [1.54, 1.807) is 6.07 Å². The van der Waals surface area contributed by atoms with E-state index in [9.17, 15) is 9.18 Å². The molecule has 1 aliphatic carbocycles. The number of aromatic nitrogens is 2. The monoisotopic (exact) mass is 375 g/mol. The van der Waals surface area contributed by atoms with Gasteiger partial charge in [-0.1, -0.05) is 24.3 Å². The van der Waals surface area contributed by atoms with Crippen LogP contribution in [0.3, 0.4) is 0 Å². The van der Waals surface area contributed by atoms with Crippen LogP contribution in [-0.2, 0) is 23.2 Å². The number of fused-ring (bicyclic) bond motifs is 1. The number of nitrogens with zero attached hydrogens (tertiary/aromatic N) is 2. The van der Waals surface area contributed by atoms with Gasteiger partial charge in [0.05, 0.1) is 11.1 Å². The van der Waals surface area contributed by atoms with E-state index in [1.165, 1.54) is 25.0 Å². The van der Waals surface area contributed by atoms with E-state index in [0.29, 0.717) is 0 Å². The summed E-state index contributed by atoms with van der Waals surface area (Å²) in [4.78, 5) is 17.7. The molecule has 0 unspecified atom stereocenters. The number of hydrogen-bond acceptors (Lipinski definition) is 2. The Morgan fingerprint density at radius 3 is 2.75 bits per heavy atom. The molecule has 0 spiro atoms. The second-order valence-corrected chi connectivity index (χ2v) is 7.82. The number of carbonyl (C=O) groups excluding carboxylic acids is 1.